The molecule has 0 radical (unpaired) electrons. The Morgan fingerprint density at radius 2 is 1.83 bits per heavy atom. The van der Waals surface area contributed by atoms with Crippen LogP contribution in [0.3, 0.4) is 0 Å². The minimum atomic E-state index is -4.70. The number of aromatic nitrogens is 2. The Morgan fingerprint density at radius 3 is 2.53 bits per heavy atom. The second kappa shape index (κ2) is 9.17. The lowest BCUT2D eigenvalue weighted by Crippen LogP contribution is -2.31. The highest BCUT2D eigenvalue weighted by atomic mass is 35.5. The number of halogens is 5. The molecule has 158 valence electrons. The number of hydrogen-bond acceptors (Lipinski definition) is 3. The highest BCUT2D eigenvalue weighted by molar-refractivity contribution is 6.32. The maximum atomic E-state index is 13.6. The molecular formula is C20H16ClF4N3O2. The summed E-state index contributed by atoms with van der Waals surface area (Å²) in [4.78, 5) is 12.0. The zero-order chi connectivity index (χ0) is 21.7. The normalized spacial score (nSPS) is 11.4. The van der Waals surface area contributed by atoms with Crippen LogP contribution >= 0.6 is 11.6 Å². The van der Waals surface area contributed by atoms with Crippen LogP contribution in [-0.2, 0) is 17.4 Å². The van der Waals surface area contributed by atoms with Gasteiger partial charge in [0.1, 0.15) is 5.82 Å². The molecule has 0 saturated heterocycles. The zero-order valence-corrected chi connectivity index (χ0v) is 16.2. The third kappa shape index (κ3) is 5.29. The van der Waals surface area contributed by atoms with E-state index in [1.807, 2.05) is 0 Å². The summed E-state index contributed by atoms with van der Waals surface area (Å²) in [5.41, 5.74) is -0.577. The molecule has 1 amide bonds. The van der Waals surface area contributed by atoms with Gasteiger partial charge in [-0.2, -0.15) is 23.0 Å². The number of benzene rings is 2. The predicted molar refractivity (Wildman–Crippen MR) is 102 cm³/mol. The van der Waals surface area contributed by atoms with Crippen LogP contribution < -0.4 is 10.1 Å². The molecule has 0 spiro atoms. The van der Waals surface area contributed by atoms with Crippen LogP contribution in [-0.4, -0.2) is 28.8 Å². The SMILES string of the molecule is O=C(COc1cc(C(F)(F)F)nn1-c1ccccc1Cl)NCCc1ccccc1F. The molecule has 0 aliphatic carbocycles. The molecule has 0 unspecified atom stereocenters. The molecular weight excluding hydrogens is 426 g/mol. The molecule has 0 aliphatic heterocycles. The predicted octanol–water partition coefficient (Wildman–Crippen LogP) is 4.42. The molecule has 2 aromatic carbocycles. The van der Waals surface area contributed by atoms with Gasteiger partial charge in [-0.25, -0.2) is 4.39 Å². The summed E-state index contributed by atoms with van der Waals surface area (Å²) in [6.07, 6.45) is -4.44. The van der Waals surface area contributed by atoms with Crippen molar-refractivity contribution in [2.45, 2.75) is 12.6 Å². The Labute approximate surface area is 174 Å². The second-order valence-corrected chi connectivity index (χ2v) is 6.62. The van der Waals surface area contributed by atoms with Crippen molar-refractivity contribution in [2.24, 2.45) is 0 Å². The van der Waals surface area contributed by atoms with Crippen molar-refractivity contribution < 1.29 is 27.1 Å². The molecule has 3 rings (SSSR count). The lowest BCUT2D eigenvalue weighted by Gasteiger charge is -2.11. The number of carbonyl (C=O) groups excluding carboxylic acids is 1. The number of ether oxygens (including phenoxy) is 1. The van der Waals surface area contributed by atoms with Crippen LogP contribution in [0, 0.1) is 5.82 Å². The van der Waals surface area contributed by atoms with E-state index in [4.69, 9.17) is 16.3 Å². The largest absolute Gasteiger partial charge is 0.467 e. The molecule has 30 heavy (non-hydrogen) atoms. The minimum Gasteiger partial charge on any atom is -0.467 e. The number of carbonyl (C=O) groups is 1. The second-order valence-electron chi connectivity index (χ2n) is 6.21. The van der Waals surface area contributed by atoms with Gasteiger partial charge in [-0.1, -0.05) is 41.9 Å². The van der Waals surface area contributed by atoms with E-state index in [-0.39, 0.29) is 35.4 Å². The number of nitrogens with one attached hydrogen (secondary N) is 1. The number of nitrogens with zero attached hydrogens (tertiary/aromatic N) is 2. The van der Waals surface area contributed by atoms with E-state index in [9.17, 15) is 22.4 Å². The summed E-state index contributed by atoms with van der Waals surface area (Å²) < 4.78 is 59.0. The number of para-hydroxylation sites is 1. The topological polar surface area (TPSA) is 56.1 Å². The smallest absolute Gasteiger partial charge is 0.435 e. The average Bonchev–Trinajstić information content (AvgIpc) is 3.13. The van der Waals surface area contributed by atoms with E-state index in [0.29, 0.717) is 11.6 Å². The van der Waals surface area contributed by atoms with Gasteiger partial charge in [0.2, 0.25) is 5.88 Å². The lowest BCUT2D eigenvalue weighted by molar-refractivity contribution is -0.141. The first-order valence-corrected chi connectivity index (χ1v) is 9.18. The number of amides is 1. The fourth-order valence-corrected chi connectivity index (χ4v) is 2.85. The first-order valence-electron chi connectivity index (χ1n) is 8.81. The van der Waals surface area contributed by atoms with E-state index >= 15 is 0 Å². The summed E-state index contributed by atoms with van der Waals surface area (Å²) >= 11 is 6.05. The van der Waals surface area contributed by atoms with Gasteiger partial charge in [0.15, 0.2) is 12.3 Å². The van der Waals surface area contributed by atoms with E-state index in [2.05, 4.69) is 10.4 Å². The maximum absolute atomic E-state index is 13.6. The molecule has 0 aliphatic rings. The molecule has 3 aromatic rings. The zero-order valence-electron chi connectivity index (χ0n) is 15.4. The first kappa shape index (κ1) is 21.6. The van der Waals surface area contributed by atoms with E-state index < -0.39 is 24.4 Å². The quantitative estimate of drug-likeness (QED) is 0.552. The molecule has 1 N–H and O–H groups in total. The van der Waals surface area contributed by atoms with Crippen molar-refractivity contribution in [3.05, 3.63) is 76.7 Å². The molecule has 0 bridgehead atoms. The Bertz CT molecular complexity index is 1040. The summed E-state index contributed by atoms with van der Waals surface area (Å²) in [7, 11) is 0. The molecule has 1 aromatic heterocycles. The van der Waals surface area contributed by atoms with Crippen LogP contribution in [0.15, 0.2) is 54.6 Å². The van der Waals surface area contributed by atoms with Crippen molar-refractivity contribution in [1.29, 1.82) is 0 Å². The highest BCUT2D eigenvalue weighted by Crippen LogP contribution is 2.33. The highest BCUT2D eigenvalue weighted by Gasteiger charge is 2.36. The molecule has 0 saturated carbocycles. The van der Waals surface area contributed by atoms with Gasteiger partial charge < -0.3 is 10.1 Å². The van der Waals surface area contributed by atoms with Crippen molar-refractivity contribution in [2.75, 3.05) is 13.2 Å². The Hall–Kier alpha value is -3.07. The maximum Gasteiger partial charge on any atom is 0.435 e. The van der Waals surface area contributed by atoms with Crippen molar-refractivity contribution in [3.63, 3.8) is 0 Å². The minimum absolute atomic E-state index is 0.140. The monoisotopic (exact) mass is 441 g/mol. The van der Waals surface area contributed by atoms with Gasteiger partial charge in [-0.15, -0.1) is 0 Å². The van der Waals surface area contributed by atoms with Crippen molar-refractivity contribution in [1.82, 2.24) is 15.1 Å². The van der Waals surface area contributed by atoms with Crippen LogP contribution in [0.2, 0.25) is 5.02 Å². The molecule has 1 heterocycles. The molecule has 0 fully saturated rings. The summed E-state index contributed by atoms with van der Waals surface area (Å²) in [5.74, 6) is -1.25. The Morgan fingerprint density at radius 1 is 1.13 bits per heavy atom. The van der Waals surface area contributed by atoms with Crippen LogP contribution in [0.5, 0.6) is 5.88 Å². The lowest BCUT2D eigenvalue weighted by atomic mass is 10.1. The Balaban J connectivity index is 1.67. The van der Waals surface area contributed by atoms with Gasteiger partial charge in [0.25, 0.3) is 5.91 Å². The van der Waals surface area contributed by atoms with E-state index in [1.54, 1.807) is 30.3 Å². The van der Waals surface area contributed by atoms with Crippen LogP contribution in [0.1, 0.15) is 11.3 Å². The van der Waals surface area contributed by atoms with E-state index in [1.165, 1.54) is 18.2 Å². The standard InChI is InChI=1S/C20H16ClF4N3O2/c21-14-6-2-4-8-16(14)28-19(11-17(27-28)20(23,24)25)30-12-18(29)26-10-9-13-5-1-3-7-15(13)22/h1-8,11H,9-10,12H2,(H,26,29). The van der Waals surface area contributed by atoms with Gasteiger partial charge in [-0.3, -0.25) is 4.79 Å². The average molecular weight is 442 g/mol. The van der Waals surface area contributed by atoms with Crippen LogP contribution in [0.25, 0.3) is 5.69 Å². The first-order chi connectivity index (χ1) is 14.3. The number of rotatable bonds is 7. The fraction of sp³-hybridized carbons (Fsp3) is 0.200. The third-order valence-electron chi connectivity index (χ3n) is 4.07. The summed E-state index contributed by atoms with van der Waals surface area (Å²) in [5, 5.41) is 6.20. The summed E-state index contributed by atoms with van der Waals surface area (Å²) in [6.45, 7) is -0.411. The van der Waals surface area contributed by atoms with Gasteiger partial charge in [0, 0.05) is 12.6 Å². The van der Waals surface area contributed by atoms with Crippen LogP contribution in [0.4, 0.5) is 17.6 Å². The molecule has 0 atom stereocenters. The Kier molecular flexibility index (Phi) is 6.61. The number of hydrogen-bond donors (Lipinski definition) is 1. The van der Waals surface area contributed by atoms with Crippen molar-refractivity contribution >= 4 is 17.5 Å². The van der Waals surface area contributed by atoms with Gasteiger partial charge in [0.05, 0.1) is 10.7 Å². The third-order valence-corrected chi connectivity index (χ3v) is 4.39. The van der Waals surface area contributed by atoms with Gasteiger partial charge >= 0.3 is 6.18 Å². The molecule has 5 nitrogen and oxygen atoms in total. The van der Waals surface area contributed by atoms with Gasteiger partial charge in [-0.05, 0) is 30.2 Å². The number of alkyl halides is 3. The summed E-state index contributed by atoms with van der Waals surface area (Å²) in [6, 6.07) is 13.0. The van der Waals surface area contributed by atoms with E-state index in [0.717, 1.165) is 4.68 Å². The van der Waals surface area contributed by atoms with Crippen molar-refractivity contribution in [3.8, 4) is 11.6 Å². The molecule has 10 heteroatoms. The fourth-order valence-electron chi connectivity index (χ4n) is 2.63.